The van der Waals surface area contributed by atoms with Gasteiger partial charge in [0.05, 0.1) is 62.3 Å². The first-order valence-electron chi connectivity index (χ1n) is 22.2. The van der Waals surface area contributed by atoms with Crippen molar-refractivity contribution >= 4 is 34.0 Å². The summed E-state index contributed by atoms with van der Waals surface area (Å²) in [7, 11) is 0. The van der Waals surface area contributed by atoms with E-state index in [-0.39, 0.29) is 12.1 Å². The Morgan fingerprint density at radius 3 is 1.18 bits per heavy atom. The van der Waals surface area contributed by atoms with E-state index >= 15 is 0 Å². The van der Waals surface area contributed by atoms with Gasteiger partial charge in [-0.1, -0.05) is 158 Å². The van der Waals surface area contributed by atoms with Crippen molar-refractivity contribution in [3.8, 4) is 11.5 Å². The normalized spacial score (nSPS) is 12.5. The molecule has 66 heavy (non-hydrogen) atoms. The van der Waals surface area contributed by atoms with Gasteiger partial charge in [0.15, 0.2) is 0 Å². The number of pyridine rings is 2. The minimum Gasteiger partial charge on any atom is -0.487 e. The second kappa shape index (κ2) is 22.2. The predicted octanol–water partition coefficient (Wildman–Crippen LogP) is 12.7. The number of fused-ring (bicyclic) bond motifs is 2. The number of hydrogen-bond acceptors (Lipinski definition) is 8. The third-order valence-corrected chi connectivity index (χ3v) is 11.2. The number of aromatic nitrogens is 2. The third kappa shape index (κ3) is 12.3. The second-order valence-electron chi connectivity index (χ2n) is 16.0. The average Bonchev–Trinajstić information content (AvgIpc) is 3.38. The molecule has 8 heteroatoms. The van der Waals surface area contributed by atoms with Crippen LogP contribution < -0.4 is 9.47 Å². The van der Waals surface area contributed by atoms with Gasteiger partial charge in [-0.25, -0.2) is 0 Å². The Labute approximate surface area is 385 Å². The molecule has 0 spiro atoms. The van der Waals surface area contributed by atoms with Crippen LogP contribution in [0.25, 0.3) is 21.5 Å². The topological polar surface area (TPSA) is 87.4 Å². The number of rotatable bonds is 20. The molecule has 326 valence electrons. The monoisotopic (exact) mass is 866 g/mol. The summed E-state index contributed by atoms with van der Waals surface area (Å²) in [5.74, 6) is 1.41. The van der Waals surface area contributed by atoms with Gasteiger partial charge in [-0.3, -0.25) is 20.0 Å². The molecule has 0 saturated carbocycles. The van der Waals surface area contributed by atoms with Crippen molar-refractivity contribution in [1.29, 1.82) is 0 Å². The number of benzene rings is 7. The van der Waals surface area contributed by atoms with Crippen LogP contribution in [0.2, 0.25) is 0 Å². The Kier molecular flexibility index (Phi) is 14.6. The van der Waals surface area contributed by atoms with Crippen LogP contribution in [-0.2, 0) is 35.9 Å². The molecule has 2 heterocycles. The van der Waals surface area contributed by atoms with Gasteiger partial charge >= 0.3 is 0 Å². The minimum absolute atomic E-state index is 0.194. The van der Waals surface area contributed by atoms with Crippen molar-refractivity contribution in [2.45, 2.75) is 38.5 Å². The quantitative estimate of drug-likeness (QED) is 0.0709. The molecule has 0 unspecified atom stereocenters. The molecule has 8 nitrogen and oxygen atoms in total. The van der Waals surface area contributed by atoms with Crippen LogP contribution in [0.15, 0.2) is 217 Å². The average molecular weight is 867 g/mol. The van der Waals surface area contributed by atoms with Gasteiger partial charge in [0.25, 0.3) is 0 Å². The van der Waals surface area contributed by atoms with Crippen molar-refractivity contribution in [1.82, 2.24) is 9.97 Å². The molecule has 7 aromatic carbocycles. The summed E-state index contributed by atoms with van der Waals surface area (Å²) in [4.78, 5) is 19.0. The Morgan fingerprint density at radius 2 is 0.773 bits per heavy atom. The van der Waals surface area contributed by atoms with Gasteiger partial charge in [0, 0.05) is 12.4 Å². The fraction of sp³-hybridized carbons (Fsp3) is 0.138. The summed E-state index contributed by atoms with van der Waals surface area (Å²) in [6, 6.07) is 65.4. The molecule has 9 rings (SSSR count). The molecule has 0 amide bonds. The van der Waals surface area contributed by atoms with Crippen LogP contribution >= 0.6 is 0 Å². The van der Waals surface area contributed by atoms with Gasteiger partial charge in [-0.15, -0.1) is 0 Å². The first kappa shape index (κ1) is 43.5. The first-order valence-corrected chi connectivity index (χ1v) is 22.2. The van der Waals surface area contributed by atoms with E-state index in [2.05, 4.69) is 119 Å². The number of ether oxygens (including phenoxy) is 4. The Bertz CT molecular complexity index is 2770. The van der Waals surface area contributed by atoms with Crippen molar-refractivity contribution < 1.29 is 18.9 Å². The molecular formula is C58H50N4O4. The largest absolute Gasteiger partial charge is 0.487 e. The Balaban J connectivity index is 0.741. The van der Waals surface area contributed by atoms with Gasteiger partial charge in [0.1, 0.15) is 24.7 Å². The van der Waals surface area contributed by atoms with Crippen molar-refractivity contribution in [2.24, 2.45) is 9.98 Å². The summed E-state index contributed by atoms with van der Waals surface area (Å²) in [5, 5.41) is 4.82. The van der Waals surface area contributed by atoms with Crippen LogP contribution in [0.4, 0.5) is 0 Å². The van der Waals surface area contributed by atoms with E-state index in [0.29, 0.717) is 51.1 Å². The van der Waals surface area contributed by atoms with Gasteiger partial charge in [-0.05, 0) is 91.3 Å². The maximum Gasteiger partial charge on any atom is 0.138 e. The van der Waals surface area contributed by atoms with Crippen molar-refractivity contribution in [3.63, 3.8) is 0 Å². The number of aliphatic imine (C=N–C) groups is 2. The van der Waals surface area contributed by atoms with Crippen LogP contribution in [-0.4, -0.2) is 35.6 Å². The molecule has 2 atom stereocenters. The Morgan fingerprint density at radius 1 is 0.379 bits per heavy atom. The van der Waals surface area contributed by atoms with E-state index in [1.807, 2.05) is 84.9 Å². The van der Waals surface area contributed by atoms with Crippen LogP contribution in [0.5, 0.6) is 11.5 Å². The van der Waals surface area contributed by atoms with E-state index in [9.17, 15) is 0 Å². The fourth-order valence-corrected chi connectivity index (χ4v) is 7.54. The molecule has 0 aliphatic carbocycles. The van der Waals surface area contributed by atoms with E-state index in [0.717, 1.165) is 44.8 Å². The number of hydrogen-bond donors (Lipinski definition) is 0. The zero-order valence-electron chi connectivity index (χ0n) is 36.6. The SMILES string of the molecule is C(=N[C@@H](COCc1ccc(COC[C@H](N=Cc2ccc(OCc3ccc4ccccc4c3)cn2)c2ccccc2)cc1)c1ccccc1)c1ccc(OCc2ccc3ccccc3c2)cn1. The highest BCUT2D eigenvalue weighted by Crippen LogP contribution is 2.23. The second-order valence-corrected chi connectivity index (χ2v) is 16.0. The maximum atomic E-state index is 6.25. The number of nitrogens with zero attached hydrogens (tertiary/aromatic N) is 4. The lowest BCUT2D eigenvalue weighted by Gasteiger charge is -2.15. The van der Waals surface area contributed by atoms with Crippen molar-refractivity contribution in [2.75, 3.05) is 13.2 Å². The van der Waals surface area contributed by atoms with Gasteiger partial charge in [-0.2, -0.15) is 0 Å². The van der Waals surface area contributed by atoms with E-state index in [1.54, 1.807) is 24.8 Å². The Hall–Kier alpha value is -7.78. The summed E-state index contributed by atoms with van der Waals surface area (Å²) >= 11 is 0. The molecule has 0 aliphatic heterocycles. The summed E-state index contributed by atoms with van der Waals surface area (Å²) in [6.45, 7) is 2.68. The predicted molar refractivity (Wildman–Crippen MR) is 264 cm³/mol. The fourth-order valence-electron chi connectivity index (χ4n) is 7.54. The lowest BCUT2D eigenvalue weighted by Crippen LogP contribution is -2.08. The van der Waals surface area contributed by atoms with Gasteiger partial charge in [0.2, 0.25) is 0 Å². The van der Waals surface area contributed by atoms with Crippen LogP contribution in [0.3, 0.4) is 0 Å². The lowest BCUT2D eigenvalue weighted by atomic mass is 10.1. The summed E-state index contributed by atoms with van der Waals surface area (Å²) in [5.41, 5.74) is 7.99. The van der Waals surface area contributed by atoms with Gasteiger partial charge < -0.3 is 18.9 Å². The highest BCUT2D eigenvalue weighted by molar-refractivity contribution is 5.84. The molecule has 0 fully saturated rings. The van der Waals surface area contributed by atoms with Crippen LogP contribution in [0.1, 0.15) is 56.9 Å². The van der Waals surface area contributed by atoms with Crippen LogP contribution in [0, 0.1) is 0 Å². The smallest absolute Gasteiger partial charge is 0.138 e. The highest BCUT2D eigenvalue weighted by Gasteiger charge is 2.12. The lowest BCUT2D eigenvalue weighted by molar-refractivity contribution is 0.107. The highest BCUT2D eigenvalue weighted by atomic mass is 16.5. The summed E-state index contributed by atoms with van der Waals surface area (Å²) < 4.78 is 24.6. The molecule has 0 N–H and O–H groups in total. The zero-order chi connectivity index (χ0) is 44.6. The van der Waals surface area contributed by atoms with E-state index in [1.165, 1.54) is 21.5 Å². The first-order chi connectivity index (χ1) is 32.7. The molecule has 0 bridgehead atoms. The summed E-state index contributed by atoms with van der Waals surface area (Å²) in [6.07, 6.45) is 7.08. The molecule has 2 aromatic heterocycles. The van der Waals surface area contributed by atoms with E-state index in [4.69, 9.17) is 28.9 Å². The van der Waals surface area contributed by atoms with Crippen molar-refractivity contribution in [3.05, 3.63) is 251 Å². The molecular weight excluding hydrogens is 817 g/mol. The molecule has 0 saturated heterocycles. The molecule has 9 aromatic rings. The zero-order valence-corrected chi connectivity index (χ0v) is 36.6. The van der Waals surface area contributed by atoms with E-state index < -0.39 is 0 Å². The molecule has 0 radical (unpaired) electrons. The third-order valence-electron chi connectivity index (χ3n) is 11.2. The molecule has 0 aliphatic rings. The maximum absolute atomic E-state index is 6.25. The minimum atomic E-state index is -0.194. The standard InChI is InChI=1S/C58H50N4O4/c1-3-13-49(14-4-1)57(61-33-53-27-29-55(35-59-53)65-39-45-23-25-47-11-7-9-17-51(47)31-45)41-63-37-43-19-21-44(22-20-43)38-64-42-58(50-15-5-2-6-16-50)62-34-54-28-30-56(36-60-54)66-40-46-24-26-48-12-8-10-18-52(48)32-46/h1-36,57-58H,37-42H2/t57-,58-/m0/s1.